The van der Waals surface area contributed by atoms with E-state index in [-0.39, 0.29) is 42.5 Å². The van der Waals surface area contributed by atoms with E-state index in [0.717, 1.165) is 44.1 Å². The Morgan fingerprint density at radius 3 is 2.44 bits per heavy atom. The number of nitrogens with zero attached hydrogens (tertiary/aromatic N) is 1. The Labute approximate surface area is 218 Å². The van der Waals surface area contributed by atoms with Crippen LogP contribution in [0, 0.1) is 17.2 Å². The number of halogens is 1. The largest absolute Gasteiger partial charge is 0.480 e. The summed E-state index contributed by atoms with van der Waals surface area (Å²) in [5.74, 6) is -0.717. The number of amides is 2. The molecule has 4 rings (SSSR count). The second-order valence-corrected chi connectivity index (χ2v) is 10.3. The zero-order chi connectivity index (χ0) is 25.0. The van der Waals surface area contributed by atoms with Gasteiger partial charge in [0.25, 0.3) is 0 Å². The average molecular weight is 520 g/mol. The monoisotopic (exact) mass is 519 g/mol. The maximum absolute atomic E-state index is 13.8. The molecular formula is C26H38ClN5O4. The minimum atomic E-state index is -0.988. The van der Waals surface area contributed by atoms with Gasteiger partial charge in [0.1, 0.15) is 11.4 Å². The maximum atomic E-state index is 13.8. The fourth-order valence-corrected chi connectivity index (χ4v) is 5.95. The second kappa shape index (κ2) is 12.1. The van der Waals surface area contributed by atoms with Crippen LogP contribution in [0.4, 0.5) is 0 Å². The highest BCUT2D eigenvalue weighted by Crippen LogP contribution is 2.54. The summed E-state index contributed by atoms with van der Waals surface area (Å²) in [6.07, 6.45) is 8.69. The van der Waals surface area contributed by atoms with Crippen LogP contribution in [0.15, 0.2) is 24.3 Å². The highest BCUT2D eigenvalue weighted by Gasteiger charge is 2.66. The Balaban J connectivity index is 0.00000361. The minimum Gasteiger partial charge on any atom is -0.480 e. The molecule has 0 radical (unpaired) electrons. The zero-order valence-electron chi connectivity index (χ0n) is 20.6. The number of carbonyl (C=O) groups is 3. The van der Waals surface area contributed by atoms with Crippen LogP contribution in [0.25, 0.3) is 0 Å². The SMILES string of the molecule is Cl.N=C(N)c1ccc(CNC(=O)[C@]23C[C@H]2CCCN3C(=O)[C@@H](CC2CCCCC2)NCC(=O)O)cc1. The van der Waals surface area contributed by atoms with Gasteiger partial charge >= 0.3 is 5.97 Å². The van der Waals surface area contributed by atoms with Crippen molar-refractivity contribution >= 4 is 36.0 Å². The van der Waals surface area contributed by atoms with E-state index in [0.29, 0.717) is 37.4 Å². The van der Waals surface area contributed by atoms with Gasteiger partial charge in [-0.25, -0.2) is 0 Å². The number of piperidine rings is 1. The molecule has 2 amide bonds. The first-order chi connectivity index (χ1) is 16.8. The van der Waals surface area contributed by atoms with Gasteiger partial charge in [0.2, 0.25) is 11.8 Å². The van der Waals surface area contributed by atoms with Gasteiger partial charge in [0, 0.05) is 18.7 Å². The summed E-state index contributed by atoms with van der Waals surface area (Å²) in [6.45, 7) is 0.581. The summed E-state index contributed by atoms with van der Waals surface area (Å²) in [5.41, 5.74) is 6.20. The number of nitrogen functional groups attached to an aromatic ring is 1. The molecule has 3 atom stereocenters. The van der Waals surface area contributed by atoms with Gasteiger partial charge in [0.05, 0.1) is 12.6 Å². The fraction of sp³-hybridized carbons (Fsp3) is 0.615. The van der Waals surface area contributed by atoms with Crippen LogP contribution in [0.2, 0.25) is 0 Å². The molecule has 0 aromatic heterocycles. The summed E-state index contributed by atoms with van der Waals surface area (Å²) in [6, 6.07) is 6.58. The van der Waals surface area contributed by atoms with Crippen molar-refractivity contribution in [3.63, 3.8) is 0 Å². The normalized spacial score (nSPS) is 24.1. The number of likely N-dealkylation sites (tertiary alicyclic amines) is 1. The van der Waals surface area contributed by atoms with E-state index in [1.165, 1.54) is 6.42 Å². The number of carboxylic acids is 1. The number of aliphatic carboxylic acids is 1. The Hall–Kier alpha value is -2.65. The van der Waals surface area contributed by atoms with Crippen molar-refractivity contribution in [2.75, 3.05) is 13.1 Å². The summed E-state index contributed by atoms with van der Waals surface area (Å²) < 4.78 is 0. The molecule has 10 heteroatoms. The molecule has 9 nitrogen and oxygen atoms in total. The van der Waals surface area contributed by atoms with Crippen LogP contribution in [-0.2, 0) is 20.9 Å². The van der Waals surface area contributed by atoms with E-state index in [9.17, 15) is 19.5 Å². The molecule has 6 N–H and O–H groups in total. The van der Waals surface area contributed by atoms with E-state index >= 15 is 0 Å². The van der Waals surface area contributed by atoms with Crippen molar-refractivity contribution in [2.24, 2.45) is 17.6 Å². The number of hydrogen-bond acceptors (Lipinski definition) is 5. The lowest BCUT2D eigenvalue weighted by molar-refractivity contribution is -0.146. The molecular weight excluding hydrogens is 482 g/mol. The smallest absolute Gasteiger partial charge is 0.317 e. The minimum absolute atomic E-state index is 0. The first-order valence-corrected chi connectivity index (χ1v) is 12.8. The lowest BCUT2D eigenvalue weighted by Gasteiger charge is -2.38. The molecule has 0 bridgehead atoms. The molecule has 1 aliphatic heterocycles. The van der Waals surface area contributed by atoms with Crippen molar-refractivity contribution in [3.05, 3.63) is 35.4 Å². The van der Waals surface area contributed by atoms with Gasteiger partial charge in [0.15, 0.2) is 0 Å². The topological polar surface area (TPSA) is 149 Å². The average Bonchev–Trinajstić information content (AvgIpc) is 3.61. The fourth-order valence-electron chi connectivity index (χ4n) is 5.95. The highest BCUT2D eigenvalue weighted by atomic mass is 35.5. The first kappa shape index (κ1) is 27.9. The van der Waals surface area contributed by atoms with Crippen LogP contribution < -0.4 is 16.4 Å². The van der Waals surface area contributed by atoms with Gasteiger partial charge in [-0.2, -0.15) is 0 Å². The van der Waals surface area contributed by atoms with E-state index in [2.05, 4.69) is 10.6 Å². The van der Waals surface area contributed by atoms with Crippen molar-refractivity contribution < 1.29 is 19.5 Å². The van der Waals surface area contributed by atoms with Crippen LogP contribution in [0.3, 0.4) is 0 Å². The molecule has 3 aliphatic rings. The van der Waals surface area contributed by atoms with Gasteiger partial charge in [-0.05, 0) is 43.1 Å². The molecule has 3 fully saturated rings. The van der Waals surface area contributed by atoms with E-state index in [4.69, 9.17) is 11.1 Å². The third-order valence-electron chi connectivity index (χ3n) is 7.96. The van der Waals surface area contributed by atoms with Crippen molar-refractivity contribution in [1.29, 1.82) is 5.41 Å². The standard InChI is InChI=1S/C26H37N5O4.ClH/c27-23(28)19-10-8-18(9-11-19)15-30-25(35)26-14-20(26)7-4-12-31(26)24(34)21(29-16-22(32)33)13-17-5-2-1-3-6-17;/h8-11,17,20-21,29H,1-7,12-16H2,(H3,27,28)(H,30,35)(H,32,33);1H/t20-,21-,26+;/m1./s1. The Bertz CT molecular complexity index is 966. The molecule has 2 aliphatic carbocycles. The molecule has 36 heavy (non-hydrogen) atoms. The molecule has 1 heterocycles. The van der Waals surface area contributed by atoms with E-state index in [1.54, 1.807) is 17.0 Å². The summed E-state index contributed by atoms with van der Waals surface area (Å²) in [5, 5.41) is 22.7. The lowest BCUT2D eigenvalue weighted by Crippen LogP contribution is -2.59. The number of carbonyl (C=O) groups excluding carboxylic acids is 2. The van der Waals surface area contributed by atoms with Crippen molar-refractivity contribution in [1.82, 2.24) is 15.5 Å². The second-order valence-electron chi connectivity index (χ2n) is 10.3. The first-order valence-electron chi connectivity index (χ1n) is 12.8. The third-order valence-corrected chi connectivity index (χ3v) is 7.96. The molecule has 0 spiro atoms. The van der Waals surface area contributed by atoms with Crippen LogP contribution >= 0.6 is 12.4 Å². The molecule has 1 aromatic carbocycles. The zero-order valence-corrected chi connectivity index (χ0v) is 21.4. The number of carboxylic acid groups (broad SMARTS) is 1. The molecule has 1 aromatic rings. The predicted molar refractivity (Wildman–Crippen MR) is 139 cm³/mol. The number of rotatable bonds is 10. The Morgan fingerprint density at radius 1 is 1.11 bits per heavy atom. The number of fused-ring (bicyclic) bond motifs is 1. The van der Waals surface area contributed by atoms with Crippen LogP contribution in [-0.4, -0.2) is 58.3 Å². The number of nitrogens with two attached hydrogens (primary N) is 1. The van der Waals surface area contributed by atoms with Crippen molar-refractivity contribution in [3.8, 4) is 0 Å². The maximum Gasteiger partial charge on any atom is 0.317 e. The Kier molecular flexibility index (Phi) is 9.35. The van der Waals surface area contributed by atoms with Crippen molar-refractivity contribution in [2.45, 2.75) is 75.9 Å². The number of nitrogens with one attached hydrogen (secondary N) is 3. The molecule has 198 valence electrons. The van der Waals surface area contributed by atoms with Gasteiger partial charge < -0.3 is 21.1 Å². The van der Waals surface area contributed by atoms with E-state index < -0.39 is 17.6 Å². The quantitative estimate of drug-likeness (QED) is 0.237. The van der Waals surface area contributed by atoms with Crippen LogP contribution in [0.5, 0.6) is 0 Å². The van der Waals surface area contributed by atoms with Gasteiger partial charge in [-0.3, -0.25) is 25.1 Å². The number of hydrogen-bond donors (Lipinski definition) is 5. The van der Waals surface area contributed by atoms with E-state index in [1.807, 2.05) is 12.1 Å². The third kappa shape index (κ3) is 6.18. The molecule has 2 saturated carbocycles. The summed E-state index contributed by atoms with van der Waals surface area (Å²) in [4.78, 5) is 40.2. The van der Waals surface area contributed by atoms with Crippen LogP contribution in [0.1, 0.15) is 68.9 Å². The highest BCUT2D eigenvalue weighted by molar-refractivity contribution is 5.97. The lowest BCUT2D eigenvalue weighted by atomic mass is 9.84. The summed E-state index contributed by atoms with van der Waals surface area (Å²) >= 11 is 0. The van der Waals surface area contributed by atoms with Gasteiger partial charge in [-0.1, -0.05) is 56.4 Å². The number of benzene rings is 1. The summed E-state index contributed by atoms with van der Waals surface area (Å²) in [7, 11) is 0. The Morgan fingerprint density at radius 2 is 1.81 bits per heavy atom. The van der Waals surface area contributed by atoms with Gasteiger partial charge in [-0.15, -0.1) is 12.4 Å². The molecule has 1 saturated heterocycles. The predicted octanol–water partition coefficient (Wildman–Crippen LogP) is 2.40. The number of amidine groups is 1. The molecule has 0 unspecified atom stereocenters.